The molecule has 0 atom stereocenters. The Kier molecular flexibility index (Phi) is 5.08. The van der Waals surface area contributed by atoms with Gasteiger partial charge in [0.1, 0.15) is 5.82 Å². The van der Waals surface area contributed by atoms with E-state index >= 15 is 0 Å². The first-order chi connectivity index (χ1) is 14.0. The quantitative estimate of drug-likeness (QED) is 0.443. The molecule has 6 nitrogen and oxygen atoms in total. The zero-order chi connectivity index (χ0) is 20.5. The lowest BCUT2D eigenvalue weighted by atomic mass is 10.2. The van der Waals surface area contributed by atoms with Crippen molar-refractivity contribution in [2.24, 2.45) is 0 Å². The summed E-state index contributed by atoms with van der Waals surface area (Å²) in [7, 11) is 1.57. The van der Waals surface area contributed by atoms with Crippen molar-refractivity contribution in [3.05, 3.63) is 82.5 Å². The molecule has 0 aliphatic rings. The number of imidazole rings is 1. The van der Waals surface area contributed by atoms with Crippen LogP contribution in [0, 0.1) is 5.82 Å². The van der Waals surface area contributed by atoms with Gasteiger partial charge in [-0.3, -0.25) is 9.20 Å². The zero-order valence-corrected chi connectivity index (χ0v) is 16.5. The molecular weight excluding hydrogens is 418 g/mol. The van der Waals surface area contributed by atoms with Crippen molar-refractivity contribution in [1.29, 1.82) is 0 Å². The minimum Gasteiger partial charge on any atom is -0.434 e. The second-order valence-corrected chi connectivity index (χ2v) is 6.86. The summed E-state index contributed by atoms with van der Waals surface area (Å²) in [5.41, 5.74) is 0.618. The van der Waals surface area contributed by atoms with Crippen molar-refractivity contribution < 1.29 is 13.9 Å². The van der Waals surface area contributed by atoms with Crippen molar-refractivity contribution in [1.82, 2.24) is 14.4 Å². The molecule has 0 aliphatic heterocycles. The highest BCUT2D eigenvalue weighted by Crippen LogP contribution is 2.37. The van der Waals surface area contributed by atoms with Gasteiger partial charge in [-0.05, 0) is 42.5 Å². The fourth-order valence-electron chi connectivity index (χ4n) is 2.75. The number of nitrogens with zero attached hydrogens (tertiary/aromatic N) is 4. The standard InChI is InChI=1S/C20H13Cl2FN4O2/c1-26(13-8-6-12(23)7-9-13)19(28)16-18(25-20-24-10-3-11-27(16)20)29-17-14(21)4-2-5-15(17)22/h2-11H,1H3. The van der Waals surface area contributed by atoms with Gasteiger partial charge in [0.15, 0.2) is 11.4 Å². The average Bonchev–Trinajstić information content (AvgIpc) is 3.08. The summed E-state index contributed by atoms with van der Waals surface area (Å²) in [6.45, 7) is 0. The van der Waals surface area contributed by atoms with Crippen molar-refractivity contribution in [2.75, 3.05) is 11.9 Å². The summed E-state index contributed by atoms with van der Waals surface area (Å²) < 4.78 is 20.6. The third-order valence-corrected chi connectivity index (χ3v) is 4.81. The summed E-state index contributed by atoms with van der Waals surface area (Å²) in [4.78, 5) is 23.1. The van der Waals surface area contributed by atoms with Gasteiger partial charge in [-0.2, -0.15) is 4.98 Å². The number of para-hydroxylation sites is 1. The lowest BCUT2D eigenvalue weighted by Crippen LogP contribution is -2.27. The van der Waals surface area contributed by atoms with Crippen LogP contribution in [0.25, 0.3) is 5.78 Å². The number of anilines is 1. The number of aromatic nitrogens is 3. The van der Waals surface area contributed by atoms with Gasteiger partial charge in [-0.25, -0.2) is 9.37 Å². The Morgan fingerprint density at radius 2 is 1.79 bits per heavy atom. The summed E-state index contributed by atoms with van der Waals surface area (Å²) >= 11 is 12.4. The summed E-state index contributed by atoms with van der Waals surface area (Å²) in [6, 6.07) is 12.1. The average molecular weight is 431 g/mol. The van der Waals surface area contributed by atoms with E-state index in [1.165, 1.54) is 33.6 Å². The van der Waals surface area contributed by atoms with Gasteiger partial charge >= 0.3 is 0 Å². The molecule has 0 N–H and O–H groups in total. The molecule has 146 valence electrons. The molecule has 9 heteroatoms. The first-order valence-electron chi connectivity index (χ1n) is 8.44. The van der Waals surface area contributed by atoms with Gasteiger partial charge < -0.3 is 9.64 Å². The second kappa shape index (κ2) is 7.69. The number of carbonyl (C=O) groups excluding carboxylic acids is 1. The molecule has 2 heterocycles. The SMILES string of the molecule is CN(C(=O)c1c(Oc2c(Cl)cccc2Cl)nc2ncccn12)c1ccc(F)cc1. The monoisotopic (exact) mass is 430 g/mol. The van der Waals surface area contributed by atoms with E-state index in [9.17, 15) is 9.18 Å². The van der Waals surface area contributed by atoms with Gasteiger partial charge in [0.25, 0.3) is 11.8 Å². The number of amides is 1. The van der Waals surface area contributed by atoms with Crippen LogP contribution in [0.1, 0.15) is 10.5 Å². The summed E-state index contributed by atoms with van der Waals surface area (Å²) in [5.74, 6) is -0.391. The Morgan fingerprint density at radius 1 is 1.10 bits per heavy atom. The molecule has 0 spiro atoms. The molecule has 2 aromatic carbocycles. The second-order valence-electron chi connectivity index (χ2n) is 6.05. The van der Waals surface area contributed by atoms with E-state index in [-0.39, 0.29) is 33.1 Å². The lowest BCUT2D eigenvalue weighted by molar-refractivity contribution is 0.0985. The molecule has 1 amide bonds. The molecule has 0 radical (unpaired) electrons. The highest BCUT2D eigenvalue weighted by Gasteiger charge is 2.26. The molecule has 0 unspecified atom stereocenters. The van der Waals surface area contributed by atoms with Crippen LogP contribution in [0.3, 0.4) is 0 Å². The van der Waals surface area contributed by atoms with Crippen LogP contribution in [-0.2, 0) is 0 Å². The Hall–Kier alpha value is -3.16. The number of benzene rings is 2. The largest absolute Gasteiger partial charge is 0.434 e. The molecule has 0 fully saturated rings. The van der Waals surface area contributed by atoms with E-state index in [0.29, 0.717) is 5.69 Å². The van der Waals surface area contributed by atoms with Crippen LogP contribution in [0.2, 0.25) is 10.0 Å². The Bertz CT molecular complexity index is 1190. The number of halogens is 3. The molecule has 2 aromatic heterocycles. The fourth-order valence-corrected chi connectivity index (χ4v) is 3.22. The minimum atomic E-state index is -0.435. The van der Waals surface area contributed by atoms with Gasteiger partial charge in [0.05, 0.1) is 10.0 Å². The van der Waals surface area contributed by atoms with Crippen molar-refractivity contribution in [3.8, 4) is 11.6 Å². The topological polar surface area (TPSA) is 59.7 Å². The number of hydrogen-bond donors (Lipinski definition) is 0. The summed E-state index contributed by atoms with van der Waals surface area (Å²) in [5, 5.41) is 0.542. The molecule has 0 saturated carbocycles. The van der Waals surface area contributed by atoms with E-state index in [0.717, 1.165) is 0 Å². The highest BCUT2D eigenvalue weighted by atomic mass is 35.5. The number of ether oxygens (including phenoxy) is 1. The Balaban J connectivity index is 1.81. The predicted octanol–water partition coefficient (Wildman–Crippen LogP) is 5.24. The van der Waals surface area contributed by atoms with Crippen LogP contribution in [0.15, 0.2) is 60.9 Å². The summed E-state index contributed by atoms with van der Waals surface area (Å²) in [6.07, 6.45) is 3.19. The molecule has 0 bridgehead atoms. The van der Waals surface area contributed by atoms with E-state index in [2.05, 4.69) is 9.97 Å². The highest BCUT2D eigenvalue weighted by molar-refractivity contribution is 6.37. The smallest absolute Gasteiger partial charge is 0.280 e. The fraction of sp³-hybridized carbons (Fsp3) is 0.0500. The molecule has 29 heavy (non-hydrogen) atoms. The predicted molar refractivity (Wildman–Crippen MR) is 109 cm³/mol. The molecule has 0 aliphatic carbocycles. The maximum Gasteiger partial charge on any atom is 0.280 e. The number of carbonyl (C=O) groups is 1. The van der Waals surface area contributed by atoms with Crippen LogP contribution < -0.4 is 9.64 Å². The van der Waals surface area contributed by atoms with Crippen molar-refractivity contribution in [3.63, 3.8) is 0 Å². The number of rotatable bonds is 4. The molecular formula is C20H13Cl2FN4O2. The lowest BCUT2D eigenvalue weighted by Gasteiger charge is -2.18. The minimum absolute atomic E-state index is 0.00217. The van der Waals surface area contributed by atoms with Gasteiger partial charge in [-0.1, -0.05) is 29.3 Å². The third kappa shape index (κ3) is 3.62. The number of fused-ring (bicyclic) bond motifs is 1. The van der Waals surface area contributed by atoms with E-state index < -0.39 is 11.7 Å². The van der Waals surface area contributed by atoms with Crippen LogP contribution >= 0.6 is 23.2 Å². The van der Waals surface area contributed by atoms with Gasteiger partial charge in [0.2, 0.25) is 5.78 Å². The Morgan fingerprint density at radius 3 is 2.48 bits per heavy atom. The van der Waals surface area contributed by atoms with E-state index in [1.807, 2.05) is 0 Å². The maximum absolute atomic E-state index is 13.3. The van der Waals surface area contributed by atoms with E-state index in [4.69, 9.17) is 27.9 Å². The third-order valence-electron chi connectivity index (χ3n) is 4.21. The van der Waals surface area contributed by atoms with Gasteiger partial charge in [-0.15, -0.1) is 0 Å². The van der Waals surface area contributed by atoms with Crippen LogP contribution in [0.4, 0.5) is 10.1 Å². The molecule has 0 saturated heterocycles. The molecule has 4 aromatic rings. The van der Waals surface area contributed by atoms with Crippen LogP contribution in [0.5, 0.6) is 11.6 Å². The number of hydrogen-bond acceptors (Lipinski definition) is 4. The normalized spacial score (nSPS) is 10.9. The van der Waals surface area contributed by atoms with E-state index in [1.54, 1.807) is 43.7 Å². The maximum atomic E-state index is 13.3. The first-order valence-corrected chi connectivity index (χ1v) is 9.20. The molecule has 4 rings (SSSR count). The van der Waals surface area contributed by atoms with Crippen molar-refractivity contribution >= 4 is 40.6 Å². The first kappa shape index (κ1) is 19.2. The van der Waals surface area contributed by atoms with Crippen molar-refractivity contribution in [2.45, 2.75) is 0 Å². The zero-order valence-electron chi connectivity index (χ0n) is 15.0. The Labute approximate surface area is 175 Å². The van der Waals surface area contributed by atoms with Gasteiger partial charge in [0, 0.05) is 25.1 Å². The van der Waals surface area contributed by atoms with Crippen LogP contribution in [-0.4, -0.2) is 27.3 Å².